The van der Waals surface area contributed by atoms with Crippen LogP contribution in [0, 0.1) is 12.8 Å². The van der Waals surface area contributed by atoms with Gasteiger partial charge in [-0.15, -0.1) is 11.8 Å². The Morgan fingerprint density at radius 2 is 2.24 bits per heavy atom. The summed E-state index contributed by atoms with van der Waals surface area (Å²) in [7, 11) is 0. The molecule has 96 valence electrons. The zero-order chi connectivity index (χ0) is 13.0. The molecule has 17 heavy (non-hydrogen) atoms. The summed E-state index contributed by atoms with van der Waals surface area (Å²) in [6, 6.07) is 2.02. The fourth-order valence-electron chi connectivity index (χ4n) is 1.71. The summed E-state index contributed by atoms with van der Waals surface area (Å²) in [5.74, 6) is 0.102. The number of carboxylic acid groups (broad SMARTS) is 1. The first kappa shape index (κ1) is 14.1. The monoisotopic (exact) mass is 256 g/mol. The number of rotatable bonds is 6. The number of nitrogens with zero attached hydrogens (tertiary/aromatic N) is 2. The Hall–Kier alpha value is -0.970. The Morgan fingerprint density at radius 3 is 2.71 bits per heavy atom. The molecule has 0 amide bonds. The molecular weight excluding hydrogens is 236 g/mol. The van der Waals surface area contributed by atoms with E-state index in [0.717, 1.165) is 17.9 Å². The van der Waals surface area contributed by atoms with Crippen LogP contribution >= 0.6 is 11.8 Å². The molecule has 1 aromatic heterocycles. The smallest absolute Gasteiger partial charge is 0.316 e. The van der Waals surface area contributed by atoms with E-state index in [0.29, 0.717) is 5.75 Å². The highest BCUT2D eigenvalue weighted by molar-refractivity contribution is 7.99. The van der Waals surface area contributed by atoms with E-state index in [1.54, 1.807) is 0 Å². The predicted molar refractivity (Wildman–Crippen MR) is 70.2 cm³/mol. The molecule has 1 unspecified atom stereocenters. The lowest BCUT2D eigenvalue weighted by molar-refractivity contribution is -0.137. The molecule has 1 rings (SSSR count). The molecule has 1 N–H and O–H groups in total. The van der Waals surface area contributed by atoms with Crippen LogP contribution in [0.2, 0.25) is 0 Å². The van der Waals surface area contributed by atoms with E-state index in [4.69, 9.17) is 5.11 Å². The molecule has 0 saturated carbocycles. The summed E-state index contributed by atoms with van der Waals surface area (Å²) in [6.45, 7) is 8.70. The maximum Gasteiger partial charge on any atom is 0.316 e. The first-order valence-corrected chi connectivity index (χ1v) is 6.88. The van der Waals surface area contributed by atoms with Gasteiger partial charge in [0.15, 0.2) is 0 Å². The minimum atomic E-state index is -0.732. The Labute approximate surface area is 106 Å². The van der Waals surface area contributed by atoms with Crippen molar-refractivity contribution in [2.45, 2.75) is 45.2 Å². The molecule has 1 aromatic rings. The second-order valence-corrected chi connectivity index (χ2v) is 5.54. The summed E-state index contributed by atoms with van der Waals surface area (Å²) in [4.78, 5) is 11.1. The summed E-state index contributed by atoms with van der Waals surface area (Å²) >= 11 is 1.47. The standard InChI is InChI=1S/C12H20N2O2S/c1-5-14-10(6-9(4)13-14)7-17-11(8(2)3)12(15)16/h6,8,11H,5,7H2,1-4H3,(H,15,16). The van der Waals surface area contributed by atoms with Gasteiger partial charge in [0.05, 0.1) is 5.69 Å². The normalized spacial score (nSPS) is 13.0. The summed E-state index contributed by atoms with van der Waals surface area (Å²) in [6.07, 6.45) is 0. The van der Waals surface area contributed by atoms with Gasteiger partial charge in [-0.25, -0.2) is 0 Å². The van der Waals surface area contributed by atoms with Gasteiger partial charge in [-0.05, 0) is 25.8 Å². The van der Waals surface area contributed by atoms with Crippen LogP contribution in [0.1, 0.15) is 32.2 Å². The quantitative estimate of drug-likeness (QED) is 0.850. The number of aryl methyl sites for hydroxylation is 2. The summed E-state index contributed by atoms with van der Waals surface area (Å²) in [5.41, 5.74) is 2.08. The Morgan fingerprint density at radius 1 is 1.59 bits per heavy atom. The lowest BCUT2D eigenvalue weighted by Gasteiger charge is -2.15. The Balaban J connectivity index is 2.68. The van der Waals surface area contributed by atoms with Gasteiger partial charge >= 0.3 is 5.97 Å². The van der Waals surface area contributed by atoms with Crippen LogP contribution in [0.3, 0.4) is 0 Å². The van der Waals surface area contributed by atoms with Crippen molar-refractivity contribution in [3.05, 3.63) is 17.5 Å². The van der Waals surface area contributed by atoms with E-state index in [1.807, 2.05) is 38.4 Å². The number of aliphatic carboxylic acids is 1. The molecule has 1 heterocycles. The van der Waals surface area contributed by atoms with Crippen molar-refractivity contribution in [1.29, 1.82) is 0 Å². The van der Waals surface area contributed by atoms with Crippen molar-refractivity contribution in [3.8, 4) is 0 Å². The van der Waals surface area contributed by atoms with Gasteiger partial charge in [0.2, 0.25) is 0 Å². The van der Waals surface area contributed by atoms with Crippen LogP contribution in [0.15, 0.2) is 6.07 Å². The van der Waals surface area contributed by atoms with Crippen LogP contribution in [0.25, 0.3) is 0 Å². The number of aromatic nitrogens is 2. The zero-order valence-electron chi connectivity index (χ0n) is 10.8. The minimum Gasteiger partial charge on any atom is -0.480 e. The Bertz CT molecular complexity index is 388. The van der Waals surface area contributed by atoms with Crippen molar-refractivity contribution in [1.82, 2.24) is 9.78 Å². The molecule has 0 radical (unpaired) electrons. The average Bonchev–Trinajstić information content (AvgIpc) is 2.58. The molecule has 0 saturated heterocycles. The second kappa shape index (κ2) is 6.10. The van der Waals surface area contributed by atoms with Crippen LogP contribution in [0.4, 0.5) is 0 Å². The largest absolute Gasteiger partial charge is 0.480 e. The number of hydrogen-bond donors (Lipinski definition) is 1. The molecule has 4 nitrogen and oxygen atoms in total. The van der Waals surface area contributed by atoms with Gasteiger partial charge in [0, 0.05) is 18.0 Å². The molecule has 0 aliphatic heterocycles. The highest BCUT2D eigenvalue weighted by Crippen LogP contribution is 2.24. The number of thioether (sulfide) groups is 1. The van der Waals surface area contributed by atoms with E-state index >= 15 is 0 Å². The molecule has 1 atom stereocenters. The van der Waals surface area contributed by atoms with Gasteiger partial charge in [-0.2, -0.15) is 5.10 Å². The SMILES string of the molecule is CCn1nc(C)cc1CSC(C(=O)O)C(C)C. The maximum atomic E-state index is 11.1. The van der Waals surface area contributed by atoms with Crippen LogP contribution < -0.4 is 0 Å². The molecular formula is C12H20N2O2S. The van der Waals surface area contributed by atoms with E-state index in [-0.39, 0.29) is 11.2 Å². The number of carboxylic acids is 1. The van der Waals surface area contributed by atoms with Crippen LogP contribution in [-0.2, 0) is 17.1 Å². The van der Waals surface area contributed by atoms with Gasteiger partial charge in [-0.1, -0.05) is 13.8 Å². The topological polar surface area (TPSA) is 55.1 Å². The van der Waals surface area contributed by atoms with Gasteiger partial charge in [0.25, 0.3) is 0 Å². The fourth-order valence-corrected chi connectivity index (χ4v) is 2.82. The van der Waals surface area contributed by atoms with E-state index in [9.17, 15) is 4.79 Å². The van der Waals surface area contributed by atoms with Crippen molar-refractivity contribution in [2.75, 3.05) is 0 Å². The molecule has 0 aromatic carbocycles. The second-order valence-electron chi connectivity index (χ2n) is 4.41. The third-order valence-electron chi connectivity index (χ3n) is 2.54. The maximum absolute atomic E-state index is 11.1. The van der Waals surface area contributed by atoms with Gasteiger partial charge in [-0.3, -0.25) is 9.48 Å². The van der Waals surface area contributed by atoms with Crippen molar-refractivity contribution in [2.24, 2.45) is 5.92 Å². The van der Waals surface area contributed by atoms with Crippen molar-refractivity contribution < 1.29 is 9.90 Å². The third-order valence-corrected chi connectivity index (χ3v) is 4.11. The molecule has 0 aliphatic carbocycles. The predicted octanol–water partition coefficient (Wildman–Crippen LogP) is 2.55. The lowest BCUT2D eigenvalue weighted by Crippen LogP contribution is -2.22. The number of hydrogen-bond acceptors (Lipinski definition) is 3. The number of carbonyl (C=O) groups is 1. The van der Waals surface area contributed by atoms with Crippen LogP contribution in [-0.4, -0.2) is 26.1 Å². The molecule has 0 bridgehead atoms. The molecule has 0 fully saturated rings. The van der Waals surface area contributed by atoms with Crippen molar-refractivity contribution in [3.63, 3.8) is 0 Å². The molecule has 5 heteroatoms. The lowest BCUT2D eigenvalue weighted by atomic mass is 10.1. The third kappa shape index (κ3) is 3.77. The van der Waals surface area contributed by atoms with Crippen molar-refractivity contribution >= 4 is 17.7 Å². The average molecular weight is 256 g/mol. The zero-order valence-corrected chi connectivity index (χ0v) is 11.6. The van der Waals surface area contributed by atoms with Crippen LogP contribution in [0.5, 0.6) is 0 Å². The summed E-state index contributed by atoms with van der Waals surface area (Å²) in [5, 5.41) is 13.1. The van der Waals surface area contributed by atoms with E-state index in [2.05, 4.69) is 5.10 Å². The highest BCUT2D eigenvalue weighted by Gasteiger charge is 2.22. The summed E-state index contributed by atoms with van der Waals surface area (Å²) < 4.78 is 1.93. The first-order valence-electron chi connectivity index (χ1n) is 5.83. The van der Waals surface area contributed by atoms with Gasteiger partial charge < -0.3 is 5.11 Å². The first-order chi connectivity index (χ1) is 7.95. The molecule has 0 spiro atoms. The highest BCUT2D eigenvalue weighted by atomic mass is 32.2. The minimum absolute atomic E-state index is 0.136. The fraction of sp³-hybridized carbons (Fsp3) is 0.667. The van der Waals surface area contributed by atoms with E-state index < -0.39 is 5.97 Å². The Kier molecular flexibility index (Phi) is 5.05. The van der Waals surface area contributed by atoms with Gasteiger partial charge in [0.1, 0.15) is 5.25 Å². The van der Waals surface area contributed by atoms with E-state index in [1.165, 1.54) is 11.8 Å². The molecule has 0 aliphatic rings.